The zero-order valence-electron chi connectivity index (χ0n) is 15.8. The summed E-state index contributed by atoms with van der Waals surface area (Å²) in [6.07, 6.45) is -0.504. The molecule has 1 aromatic rings. The molecule has 0 amide bonds. The van der Waals surface area contributed by atoms with Gasteiger partial charge in [0.2, 0.25) is 0 Å². The summed E-state index contributed by atoms with van der Waals surface area (Å²) >= 11 is 4.95. The lowest BCUT2D eigenvalue weighted by Crippen LogP contribution is -2.37. The molecular weight excluding hydrogens is 418 g/mol. The highest BCUT2D eigenvalue weighted by Crippen LogP contribution is 2.43. The van der Waals surface area contributed by atoms with Crippen LogP contribution in [-0.2, 0) is 19.1 Å². The van der Waals surface area contributed by atoms with Gasteiger partial charge in [0.1, 0.15) is 5.92 Å². The topological polar surface area (TPSA) is 65.0 Å². The van der Waals surface area contributed by atoms with Crippen molar-refractivity contribution in [3.63, 3.8) is 0 Å². The lowest BCUT2D eigenvalue weighted by Gasteiger charge is -2.31. The zero-order valence-corrected chi connectivity index (χ0v) is 18.2. The third-order valence-electron chi connectivity index (χ3n) is 3.90. The van der Waals surface area contributed by atoms with Crippen molar-refractivity contribution in [2.24, 2.45) is 10.9 Å². The Labute approximate surface area is 166 Å². The number of hydrogen-bond donors (Lipinski definition) is 0. The first kappa shape index (κ1) is 20.8. The van der Waals surface area contributed by atoms with Crippen LogP contribution < -0.4 is 0 Å². The standard InChI is InChI=1S/C19H24BrNO4S/c1-9(2)24-18(22)15-11(5)21-12(6)16(19(23)25-10(3)4)17(15)13-7-8-14(20)26-13/h7-10,15,17H,1-6H3. The fraction of sp³-hybridized carbons (Fsp3) is 0.526. The molecule has 1 aromatic heterocycles. The molecule has 2 rings (SSSR count). The molecule has 2 heterocycles. The van der Waals surface area contributed by atoms with Crippen molar-refractivity contribution in [1.29, 1.82) is 0 Å². The van der Waals surface area contributed by atoms with E-state index in [0.717, 1.165) is 8.66 Å². The van der Waals surface area contributed by atoms with Crippen molar-refractivity contribution >= 4 is 44.9 Å². The second-order valence-electron chi connectivity index (χ2n) is 6.79. The maximum atomic E-state index is 12.8. The van der Waals surface area contributed by atoms with Crippen LogP contribution in [0.3, 0.4) is 0 Å². The van der Waals surface area contributed by atoms with Gasteiger partial charge in [0.05, 0.1) is 21.6 Å². The number of carbonyl (C=O) groups excluding carboxylic acids is 2. The fourth-order valence-corrected chi connectivity index (χ4v) is 4.56. The van der Waals surface area contributed by atoms with Crippen LogP contribution in [0.25, 0.3) is 0 Å². The van der Waals surface area contributed by atoms with Crippen molar-refractivity contribution in [3.05, 3.63) is 32.1 Å². The van der Waals surface area contributed by atoms with Crippen LogP contribution in [0.1, 0.15) is 52.3 Å². The molecular formula is C19H24BrNO4S. The molecule has 0 radical (unpaired) electrons. The maximum Gasteiger partial charge on any atom is 0.336 e. The van der Waals surface area contributed by atoms with Gasteiger partial charge in [0.25, 0.3) is 0 Å². The van der Waals surface area contributed by atoms with Gasteiger partial charge in [-0.15, -0.1) is 11.3 Å². The van der Waals surface area contributed by atoms with Crippen molar-refractivity contribution < 1.29 is 19.1 Å². The van der Waals surface area contributed by atoms with Crippen LogP contribution in [-0.4, -0.2) is 29.9 Å². The Hall–Kier alpha value is -1.47. The molecule has 7 heteroatoms. The predicted octanol–water partition coefficient (Wildman–Crippen LogP) is 4.86. The molecule has 0 saturated carbocycles. The lowest BCUT2D eigenvalue weighted by atomic mass is 9.79. The summed E-state index contributed by atoms with van der Waals surface area (Å²) < 4.78 is 11.8. The first-order valence-corrected chi connectivity index (χ1v) is 10.1. The monoisotopic (exact) mass is 441 g/mol. The number of aliphatic imine (C=N–C) groups is 1. The molecule has 0 N–H and O–H groups in total. The van der Waals surface area contributed by atoms with Gasteiger partial charge < -0.3 is 9.47 Å². The van der Waals surface area contributed by atoms with E-state index in [9.17, 15) is 9.59 Å². The SMILES string of the molecule is CC1=NC(C)=C(C(=O)OC(C)C)C(c2ccc(Br)s2)C1C(=O)OC(C)C. The van der Waals surface area contributed by atoms with E-state index in [2.05, 4.69) is 20.9 Å². The van der Waals surface area contributed by atoms with E-state index in [-0.39, 0.29) is 18.2 Å². The molecule has 5 nitrogen and oxygen atoms in total. The number of nitrogens with zero attached hydrogens (tertiary/aromatic N) is 1. The number of allylic oxidation sites excluding steroid dienone is 1. The average molecular weight is 442 g/mol. The number of esters is 2. The molecule has 0 spiro atoms. The Kier molecular flexibility index (Phi) is 6.80. The highest BCUT2D eigenvalue weighted by Gasteiger charge is 2.43. The summed E-state index contributed by atoms with van der Waals surface area (Å²) in [7, 11) is 0. The normalized spacial score (nSPS) is 20.4. The van der Waals surface area contributed by atoms with E-state index in [4.69, 9.17) is 9.47 Å². The quantitative estimate of drug-likeness (QED) is 0.611. The Balaban J connectivity index is 2.57. The number of hydrogen-bond acceptors (Lipinski definition) is 6. The van der Waals surface area contributed by atoms with E-state index >= 15 is 0 Å². The lowest BCUT2D eigenvalue weighted by molar-refractivity contribution is -0.150. The molecule has 2 atom stereocenters. The summed E-state index contributed by atoms with van der Waals surface area (Å²) in [4.78, 5) is 31.0. The molecule has 1 aliphatic heterocycles. The number of ether oxygens (including phenoxy) is 2. The van der Waals surface area contributed by atoms with Crippen molar-refractivity contribution in [3.8, 4) is 0 Å². The van der Waals surface area contributed by atoms with Crippen LogP contribution >= 0.6 is 27.3 Å². The van der Waals surface area contributed by atoms with Gasteiger partial charge in [-0.2, -0.15) is 0 Å². The second kappa shape index (κ2) is 8.48. The van der Waals surface area contributed by atoms with Gasteiger partial charge in [-0.25, -0.2) is 4.79 Å². The Morgan fingerprint density at radius 1 is 1.12 bits per heavy atom. The predicted molar refractivity (Wildman–Crippen MR) is 107 cm³/mol. The van der Waals surface area contributed by atoms with Gasteiger partial charge in [-0.05, 0) is 69.6 Å². The van der Waals surface area contributed by atoms with Gasteiger partial charge >= 0.3 is 11.9 Å². The van der Waals surface area contributed by atoms with Crippen molar-refractivity contribution in [2.45, 2.75) is 59.7 Å². The molecule has 2 unspecified atom stereocenters. The van der Waals surface area contributed by atoms with E-state index in [1.165, 1.54) is 11.3 Å². The van der Waals surface area contributed by atoms with Crippen molar-refractivity contribution in [2.75, 3.05) is 0 Å². The van der Waals surface area contributed by atoms with Gasteiger partial charge in [-0.1, -0.05) is 0 Å². The zero-order chi connectivity index (χ0) is 19.6. The van der Waals surface area contributed by atoms with Gasteiger partial charge in [0, 0.05) is 22.2 Å². The summed E-state index contributed by atoms with van der Waals surface area (Å²) in [5, 5.41) is 0. The molecule has 0 aliphatic carbocycles. The maximum absolute atomic E-state index is 12.8. The molecule has 1 aliphatic rings. The smallest absolute Gasteiger partial charge is 0.336 e. The minimum absolute atomic E-state index is 0.246. The molecule has 142 valence electrons. The minimum atomic E-state index is -0.652. The van der Waals surface area contributed by atoms with Crippen molar-refractivity contribution in [1.82, 2.24) is 0 Å². The first-order chi connectivity index (χ1) is 12.1. The Bertz CT molecular complexity index is 763. The molecule has 0 fully saturated rings. The minimum Gasteiger partial charge on any atom is -0.462 e. The highest BCUT2D eigenvalue weighted by atomic mass is 79.9. The summed E-state index contributed by atoms with van der Waals surface area (Å²) in [5.74, 6) is -1.94. The molecule has 0 bridgehead atoms. The van der Waals surface area contributed by atoms with E-state index in [0.29, 0.717) is 17.0 Å². The third-order valence-corrected chi connectivity index (χ3v) is 5.60. The Morgan fingerprint density at radius 3 is 2.23 bits per heavy atom. The highest BCUT2D eigenvalue weighted by molar-refractivity contribution is 9.11. The average Bonchev–Trinajstić information content (AvgIpc) is 2.90. The van der Waals surface area contributed by atoms with Crippen LogP contribution in [0.15, 0.2) is 32.2 Å². The van der Waals surface area contributed by atoms with Gasteiger partial charge in [0.15, 0.2) is 0 Å². The van der Waals surface area contributed by atoms with Gasteiger partial charge in [-0.3, -0.25) is 9.79 Å². The van der Waals surface area contributed by atoms with E-state index in [1.807, 2.05) is 12.1 Å². The number of rotatable bonds is 5. The number of carbonyl (C=O) groups is 2. The Morgan fingerprint density at radius 2 is 1.73 bits per heavy atom. The van der Waals surface area contributed by atoms with Crippen LogP contribution in [0.4, 0.5) is 0 Å². The van der Waals surface area contributed by atoms with Crippen LogP contribution in [0, 0.1) is 5.92 Å². The summed E-state index contributed by atoms with van der Waals surface area (Å²) in [5.41, 5.74) is 1.64. The molecule has 26 heavy (non-hydrogen) atoms. The molecule has 0 saturated heterocycles. The third kappa shape index (κ3) is 4.62. The second-order valence-corrected chi connectivity index (χ2v) is 9.28. The largest absolute Gasteiger partial charge is 0.462 e. The fourth-order valence-electron chi connectivity index (χ4n) is 2.99. The van der Waals surface area contributed by atoms with E-state index < -0.39 is 17.8 Å². The first-order valence-electron chi connectivity index (χ1n) is 8.54. The molecule has 0 aromatic carbocycles. The van der Waals surface area contributed by atoms with Crippen LogP contribution in [0.2, 0.25) is 0 Å². The van der Waals surface area contributed by atoms with E-state index in [1.54, 1.807) is 41.5 Å². The number of thiophene rings is 1. The summed E-state index contributed by atoms with van der Waals surface area (Å²) in [6.45, 7) is 10.8. The summed E-state index contributed by atoms with van der Waals surface area (Å²) in [6, 6.07) is 3.83. The van der Waals surface area contributed by atoms with Crippen LogP contribution in [0.5, 0.6) is 0 Å². The number of halogens is 1.